The summed E-state index contributed by atoms with van der Waals surface area (Å²) in [4.78, 5) is 12.1. The Morgan fingerprint density at radius 1 is 1.42 bits per heavy atom. The van der Waals surface area contributed by atoms with Crippen LogP contribution in [0.15, 0.2) is 34.9 Å². The first-order valence-corrected chi connectivity index (χ1v) is 6.56. The van der Waals surface area contributed by atoms with Crippen LogP contribution in [0.1, 0.15) is 46.3 Å². The number of aryl methyl sites for hydroxylation is 2. The van der Waals surface area contributed by atoms with Crippen molar-refractivity contribution in [2.24, 2.45) is 0 Å². The SMILES string of the molecule is Cc1cc(C(=O)N[C@@H]2CCCc3ccccc32)no1. The number of hydrogen-bond acceptors (Lipinski definition) is 3. The van der Waals surface area contributed by atoms with E-state index in [-0.39, 0.29) is 11.9 Å². The van der Waals surface area contributed by atoms with Gasteiger partial charge >= 0.3 is 0 Å². The van der Waals surface area contributed by atoms with Crippen molar-refractivity contribution in [2.45, 2.75) is 32.2 Å². The number of carbonyl (C=O) groups excluding carboxylic acids is 1. The van der Waals surface area contributed by atoms with Crippen LogP contribution in [-0.4, -0.2) is 11.1 Å². The molecule has 1 heterocycles. The van der Waals surface area contributed by atoms with Gasteiger partial charge in [-0.3, -0.25) is 4.79 Å². The van der Waals surface area contributed by atoms with Gasteiger partial charge in [-0.1, -0.05) is 29.4 Å². The summed E-state index contributed by atoms with van der Waals surface area (Å²) in [5.41, 5.74) is 2.90. The van der Waals surface area contributed by atoms with E-state index in [0.717, 1.165) is 19.3 Å². The molecule has 98 valence electrons. The lowest BCUT2D eigenvalue weighted by Crippen LogP contribution is -2.31. The number of amides is 1. The lowest BCUT2D eigenvalue weighted by molar-refractivity contribution is 0.0923. The molecule has 2 aromatic rings. The Balaban J connectivity index is 1.79. The first kappa shape index (κ1) is 12.0. The highest BCUT2D eigenvalue weighted by atomic mass is 16.5. The molecule has 3 rings (SSSR count). The summed E-state index contributed by atoms with van der Waals surface area (Å²) in [5.74, 6) is 0.479. The van der Waals surface area contributed by atoms with E-state index in [9.17, 15) is 4.79 Å². The molecule has 19 heavy (non-hydrogen) atoms. The van der Waals surface area contributed by atoms with Crippen molar-refractivity contribution in [3.05, 3.63) is 52.9 Å². The molecule has 1 atom stereocenters. The molecule has 0 aliphatic heterocycles. The molecule has 1 aliphatic rings. The summed E-state index contributed by atoms with van der Waals surface area (Å²) in [6.07, 6.45) is 3.16. The molecule has 0 spiro atoms. The van der Waals surface area contributed by atoms with Gasteiger partial charge in [-0.2, -0.15) is 0 Å². The van der Waals surface area contributed by atoms with Crippen LogP contribution in [-0.2, 0) is 6.42 Å². The molecule has 0 fully saturated rings. The maximum absolute atomic E-state index is 12.1. The van der Waals surface area contributed by atoms with Crippen LogP contribution in [0, 0.1) is 6.92 Å². The van der Waals surface area contributed by atoms with Crippen molar-refractivity contribution < 1.29 is 9.32 Å². The molecule has 0 unspecified atom stereocenters. The third-order valence-electron chi connectivity index (χ3n) is 3.54. The zero-order valence-corrected chi connectivity index (χ0v) is 10.8. The van der Waals surface area contributed by atoms with E-state index in [1.165, 1.54) is 11.1 Å². The fourth-order valence-corrected chi connectivity index (χ4v) is 2.61. The summed E-state index contributed by atoms with van der Waals surface area (Å²) in [6.45, 7) is 1.78. The quantitative estimate of drug-likeness (QED) is 0.898. The highest BCUT2D eigenvalue weighted by Gasteiger charge is 2.22. The van der Waals surface area contributed by atoms with Gasteiger partial charge in [-0.05, 0) is 37.3 Å². The van der Waals surface area contributed by atoms with Gasteiger partial charge in [0.05, 0.1) is 6.04 Å². The Kier molecular flexibility index (Phi) is 3.07. The summed E-state index contributed by atoms with van der Waals surface area (Å²) >= 11 is 0. The zero-order chi connectivity index (χ0) is 13.2. The standard InChI is InChI=1S/C15H16N2O2/c1-10-9-14(17-19-10)15(18)16-13-8-4-6-11-5-2-3-7-12(11)13/h2-3,5,7,9,13H,4,6,8H2,1H3,(H,16,18)/t13-/m1/s1. The minimum atomic E-state index is -0.168. The van der Waals surface area contributed by atoms with Crippen LogP contribution >= 0.6 is 0 Å². The van der Waals surface area contributed by atoms with E-state index in [0.29, 0.717) is 11.5 Å². The highest BCUT2D eigenvalue weighted by molar-refractivity contribution is 5.92. The minimum Gasteiger partial charge on any atom is -0.361 e. The second kappa shape index (κ2) is 4.88. The number of hydrogen-bond donors (Lipinski definition) is 1. The minimum absolute atomic E-state index is 0.0782. The third kappa shape index (κ3) is 2.38. The summed E-state index contributed by atoms with van der Waals surface area (Å²) in [7, 11) is 0. The molecule has 1 amide bonds. The van der Waals surface area contributed by atoms with Crippen molar-refractivity contribution in [3.63, 3.8) is 0 Å². The molecule has 1 aromatic carbocycles. The summed E-state index contributed by atoms with van der Waals surface area (Å²) < 4.78 is 4.93. The fourth-order valence-electron chi connectivity index (χ4n) is 2.61. The van der Waals surface area contributed by atoms with E-state index >= 15 is 0 Å². The predicted molar refractivity (Wildman–Crippen MR) is 70.8 cm³/mol. The van der Waals surface area contributed by atoms with Crippen LogP contribution in [0.4, 0.5) is 0 Å². The van der Waals surface area contributed by atoms with Crippen LogP contribution in [0.3, 0.4) is 0 Å². The number of fused-ring (bicyclic) bond motifs is 1. The largest absolute Gasteiger partial charge is 0.361 e. The van der Waals surface area contributed by atoms with E-state index in [1.807, 2.05) is 12.1 Å². The number of nitrogens with one attached hydrogen (secondary N) is 1. The Bertz CT molecular complexity index is 604. The van der Waals surface area contributed by atoms with E-state index in [4.69, 9.17) is 4.52 Å². The van der Waals surface area contributed by atoms with Crippen LogP contribution in [0.2, 0.25) is 0 Å². The van der Waals surface area contributed by atoms with E-state index in [2.05, 4.69) is 22.6 Å². The lowest BCUT2D eigenvalue weighted by Gasteiger charge is -2.25. The van der Waals surface area contributed by atoms with Gasteiger partial charge < -0.3 is 9.84 Å². The Labute approximate surface area is 111 Å². The maximum atomic E-state index is 12.1. The normalized spacial score (nSPS) is 17.8. The molecule has 0 saturated heterocycles. The van der Waals surface area contributed by atoms with Gasteiger partial charge in [-0.25, -0.2) is 0 Å². The lowest BCUT2D eigenvalue weighted by atomic mass is 9.88. The first-order valence-electron chi connectivity index (χ1n) is 6.56. The molecule has 4 heteroatoms. The van der Waals surface area contributed by atoms with E-state index in [1.54, 1.807) is 13.0 Å². The molecule has 0 bridgehead atoms. The van der Waals surface area contributed by atoms with Gasteiger partial charge in [0.15, 0.2) is 5.69 Å². The van der Waals surface area contributed by atoms with Gasteiger partial charge in [0, 0.05) is 6.07 Å². The third-order valence-corrected chi connectivity index (χ3v) is 3.54. The number of carbonyl (C=O) groups is 1. The van der Waals surface area contributed by atoms with Crippen molar-refractivity contribution in [1.29, 1.82) is 0 Å². The fraction of sp³-hybridized carbons (Fsp3) is 0.333. The average Bonchev–Trinajstić information content (AvgIpc) is 2.86. The molecular formula is C15H16N2O2. The molecule has 1 aliphatic carbocycles. The maximum Gasteiger partial charge on any atom is 0.273 e. The van der Waals surface area contributed by atoms with Crippen LogP contribution in [0.25, 0.3) is 0 Å². The topological polar surface area (TPSA) is 55.1 Å². The van der Waals surface area contributed by atoms with Gasteiger partial charge in [0.2, 0.25) is 0 Å². The summed E-state index contributed by atoms with van der Waals surface area (Å²) in [5, 5.41) is 6.79. The molecule has 0 saturated carbocycles. The van der Waals surface area contributed by atoms with Crippen LogP contribution < -0.4 is 5.32 Å². The Hall–Kier alpha value is -2.10. The van der Waals surface area contributed by atoms with Crippen molar-refractivity contribution >= 4 is 5.91 Å². The average molecular weight is 256 g/mol. The second-order valence-electron chi connectivity index (χ2n) is 4.94. The smallest absolute Gasteiger partial charge is 0.273 e. The van der Waals surface area contributed by atoms with Crippen molar-refractivity contribution in [3.8, 4) is 0 Å². The Morgan fingerprint density at radius 2 is 2.26 bits per heavy atom. The first-order chi connectivity index (χ1) is 9.24. The van der Waals surface area contributed by atoms with Gasteiger partial charge in [-0.15, -0.1) is 0 Å². The zero-order valence-electron chi connectivity index (χ0n) is 10.8. The number of nitrogens with zero attached hydrogens (tertiary/aromatic N) is 1. The number of rotatable bonds is 2. The predicted octanol–water partition coefficient (Wildman–Crippen LogP) is 2.79. The number of benzene rings is 1. The molecule has 4 nitrogen and oxygen atoms in total. The summed E-state index contributed by atoms with van der Waals surface area (Å²) in [6, 6.07) is 10.0. The van der Waals surface area contributed by atoms with Gasteiger partial charge in [0.25, 0.3) is 5.91 Å². The van der Waals surface area contributed by atoms with Crippen molar-refractivity contribution in [1.82, 2.24) is 10.5 Å². The second-order valence-corrected chi connectivity index (χ2v) is 4.94. The highest BCUT2D eigenvalue weighted by Crippen LogP contribution is 2.29. The molecule has 1 N–H and O–H groups in total. The molecule has 1 aromatic heterocycles. The van der Waals surface area contributed by atoms with Crippen LogP contribution in [0.5, 0.6) is 0 Å². The number of aromatic nitrogens is 1. The van der Waals surface area contributed by atoms with Crippen molar-refractivity contribution in [2.75, 3.05) is 0 Å². The monoisotopic (exact) mass is 256 g/mol. The van der Waals surface area contributed by atoms with E-state index < -0.39 is 0 Å². The van der Waals surface area contributed by atoms with Gasteiger partial charge in [0.1, 0.15) is 5.76 Å². The molecule has 0 radical (unpaired) electrons. The molecular weight excluding hydrogens is 240 g/mol. The Morgan fingerprint density at radius 3 is 3.05 bits per heavy atom.